The average molecular weight is 446 g/mol. The molecule has 7 heteroatoms. The van der Waals surface area contributed by atoms with E-state index in [-0.39, 0.29) is 41.5 Å². The van der Waals surface area contributed by atoms with E-state index in [9.17, 15) is 18.8 Å². The van der Waals surface area contributed by atoms with Crippen LogP contribution in [0, 0.1) is 11.7 Å². The van der Waals surface area contributed by atoms with Gasteiger partial charge in [0.05, 0.1) is 5.92 Å². The zero-order valence-electron chi connectivity index (χ0n) is 19.1. The highest BCUT2D eigenvalue weighted by Crippen LogP contribution is 2.22. The number of hydrogen-bond acceptors (Lipinski definition) is 3. The van der Waals surface area contributed by atoms with Crippen LogP contribution in [0.4, 0.5) is 4.39 Å². The molecule has 1 aromatic rings. The molecule has 0 bridgehead atoms. The molecule has 1 aliphatic heterocycles. The van der Waals surface area contributed by atoms with E-state index in [4.69, 9.17) is 0 Å². The van der Waals surface area contributed by atoms with E-state index in [2.05, 4.69) is 17.6 Å². The summed E-state index contributed by atoms with van der Waals surface area (Å²) in [7, 11) is 0. The van der Waals surface area contributed by atoms with Crippen LogP contribution >= 0.6 is 0 Å². The first-order valence-corrected chi connectivity index (χ1v) is 12.1. The van der Waals surface area contributed by atoms with E-state index >= 15 is 0 Å². The molecule has 1 saturated carbocycles. The van der Waals surface area contributed by atoms with Crippen molar-refractivity contribution < 1.29 is 18.8 Å². The Labute approximate surface area is 190 Å². The molecule has 6 nitrogen and oxygen atoms in total. The molecule has 32 heavy (non-hydrogen) atoms. The monoisotopic (exact) mass is 445 g/mol. The van der Waals surface area contributed by atoms with Crippen LogP contribution in [-0.4, -0.2) is 47.8 Å². The highest BCUT2D eigenvalue weighted by Gasteiger charge is 2.33. The predicted molar refractivity (Wildman–Crippen MR) is 121 cm³/mol. The van der Waals surface area contributed by atoms with Gasteiger partial charge in [-0.3, -0.25) is 14.4 Å². The van der Waals surface area contributed by atoms with Crippen molar-refractivity contribution in [2.75, 3.05) is 13.1 Å². The molecular weight excluding hydrogens is 409 g/mol. The van der Waals surface area contributed by atoms with Gasteiger partial charge in [-0.15, -0.1) is 0 Å². The minimum absolute atomic E-state index is 0.0241. The van der Waals surface area contributed by atoms with E-state index in [1.807, 2.05) is 4.90 Å². The molecule has 3 rings (SSSR count). The summed E-state index contributed by atoms with van der Waals surface area (Å²) < 4.78 is 13.1. The Kier molecular flexibility index (Phi) is 9.06. The van der Waals surface area contributed by atoms with Crippen LogP contribution in [0.1, 0.15) is 81.5 Å². The number of unbranched alkanes of at least 4 members (excludes halogenated alkanes) is 2. The Hall–Kier alpha value is -2.44. The zero-order chi connectivity index (χ0) is 22.9. The smallest absolute Gasteiger partial charge is 0.251 e. The Balaban J connectivity index is 1.54. The number of hydrogen-bond donors (Lipinski definition) is 2. The van der Waals surface area contributed by atoms with E-state index in [1.54, 1.807) is 0 Å². The lowest BCUT2D eigenvalue weighted by Crippen LogP contribution is -2.55. The van der Waals surface area contributed by atoms with E-state index in [0.29, 0.717) is 18.5 Å². The molecule has 0 unspecified atom stereocenters. The second-order valence-electron chi connectivity index (χ2n) is 9.12. The molecule has 2 N–H and O–H groups in total. The second kappa shape index (κ2) is 12.0. The zero-order valence-corrected chi connectivity index (χ0v) is 19.1. The fourth-order valence-electron chi connectivity index (χ4n) is 4.73. The lowest BCUT2D eigenvalue weighted by molar-refractivity contribution is -0.136. The van der Waals surface area contributed by atoms with Crippen molar-refractivity contribution in [2.45, 2.75) is 83.2 Å². The van der Waals surface area contributed by atoms with Crippen molar-refractivity contribution >= 4 is 17.7 Å². The van der Waals surface area contributed by atoms with Crippen molar-refractivity contribution in [1.29, 1.82) is 0 Å². The van der Waals surface area contributed by atoms with Crippen LogP contribution in [0.15, 0.2) is 24.3 Å². The number of carbonyl (C=O) groups excluding carboxylic acids is 3. The summed E-state index contributed by atoms with van der Waals surface area (Å²) >= 11 is 0. The molecule has 1 saturated heterocycles. The van der Waals surface area contributed by atoms with Crippen molar-refractivity contribution in [3.05, 3.63) is 35.6 Å². The first-order valence-electron chi connectivity index (χ1n) is 12.1. The van der Waals surface area contributed by atoms with E-state index < -0.39 is 0 Å². The number of halogens is 1. The lowest BCUT2D eigenvalue weighted by Gasteiger charge is -2.36. The quantitative estimate of drug-likeness (QED) is 0.598. The van der Waals surface area contributed by atoms with Gasteiger partial charge in [0.25, 0.3) is 5.91 Å². The Morgan fingerprint density at radius 3 is 2.34 bits per heavy atom. The first-order chi connectivity index (χ1) is 15.5. The van der Waals surface area contributed by atoms with Crippen LogP contribution < -0.4 is 10.6 Å². The second-order valence-corrected chi connectivity index (χ2v) is 9.12. The number of piperidine rings is 1. The normalized spacial score (nSPS) is 23.4. The van der Waals surface area contributed by atoms with Crippen molar-refractivity contribution in [3.8, 4) is 0 Å². The number of benzene rings is 1. The standard InChI is InChI=1S/C25H36FN3O3/c1-2-3-4-11-23(30)29-16-7-8-19(17-29)25(32)28-22-10-6-5-9-21(22)27-24(31)18-12-14-20(26)15-13-18/h12-15,19,21-22H,2-11,16-17H2,1H3,(H,27,31)(H,28,32)/t19-,21+,22+/m0/s1. The average Bonchev–Trinajstić information content (AvgIpc) is 2.81. The Morgan fingerprint density at radius 1 is 0.969 bits per heavy atom. The number of carbonyl (C=O) groups is 3. The van der Waals surface area contributed by atoms with Gasteiger partial charge in [-0.25, -0.2) is 4.39 Å². The third kappa shape index (κ3) is 6.78. The van der Waals surface area contributed by atoms with Gasteiger partial charge >= 0.3 is 0 Å². The Morgan fingerprint density at radius 2 is 1.66 bits per heavy atom. The Bertz CT molecular complexity index is 783. The van der Waals surface area contributed by atoms with Crippen LogP contribution in [0.5, 0.6) is 0 Å². The van der Waals surface area contributed by atoms with Crippen LogP contribution in [0.2, 0.25) is 0 Å². The summed E-state index contributed by atoms with van der Waals surface area (Å²) in [6.45, 7) is 3.33. The largest absolute Gasteiger partial charge is 0.351 e. The molecule has 2 fully saturated rings. The molecule has 0 aromatic heterocycles. The summed E-state index contributed by atoms with van der Waals surface area (Å²) in [5.41, 5.74) is 0.409. The van der Waals surface area contributed by atoms with Crippen LogP contribution in [0.25, 0.3) is 0 Å². The van der Waals surface area contributed by atoms with Crippen LogP contribution in [0.3, 0.4) is 0 Å². The number of likely N-dealkylation sites (tertiary alicyclic amines) is 1. The third-order valence-corrected chi connectivity index (χ3v) is 6.66. The molecule has 1 aromatic carbocycles. The fraction of sp³-hybridized carbons (Fsp3) is 0.640. The van der Waals surface area contributed by atoms with Gasteiger partial charge in [0.2, 0.25) is 11.8 Å². The summed E-state index contributed by atoms with van der Waals surface area (Å²) in [4.78, 5) is 40.0. The SMILES string of the molecule is CCCCCC(=O)N1CCC[C@H](C(=O)N[C@@H]2CCCC[C@H]2NC(=O)c2ccc(F)cc2)C1. The fourth-order valence-corrected chi connectivity index (χ4v) is 4.73. The predicted octanol–water partition coefficient (Wildman–Crippen LogP) is 3.80. The van der Waals surface area contributed by atoms with Gasteiger partial charge in [0, 0.05) is 37.2 Å². The molecule has 1 aliphatic carbocycles. The van der Waals surface area contributed by atoms with E-state index in [1.165, 1.54) is 24.3 Å². The van der Waals surface area contributed by atoms with Gasteiger partial charge < -0.3 is 15.5 Å². The molecule has 1 heterocycles. The third-order valence-electron chi connectivity index (χ3n) is 6.66. The maximum atomic E-state index is 13.1. The molecule has 0 radical (unpaired) electrons. The van der Waals surface area contributed by atoms with Gasteiger partial charge in [-0.2, -0.15) is 0 Å². The number of nitrogens with zero attached hydrogens (tertiary/aromatic N) is 1. The van der Waals surface area contributed by atoms with Crippen molar-refractivity contribution in [2.24, 2.45) is 5.92 Å². The summed E-state index contributed by atoms with van der Waals surface area (Å²) in [6.07, 6.45) is 8.82. The minimum atomic E-state index is -0.380. The molecular formula is C25H36FN3O3. The van der Waals surface area contributed by atoms with Gasteiger partial charge in [0.15, 0.2) is 0 Å². The number of amides is 3. The first kappa shape index (κ1) is 24.2. The number of rotatable bonds is 8. The molecule has 3 amide bonds. The highest BCUT2D eigenvalue weighted by molar-refractivity contribution is 5.94. The summed E-state index contributed by atoms with van der Waals surface area (Å²) in [6, 6.07) is 5.20. The molecule has 0 spiro atoms. The van der Waals surface area contributed by atoms with Crippen molar-refractivity contribution in [1.82, 2.24) is 15.5 Å². The van der Waals surface area contributed by atoms with Gasteiger partial charge in [-0.05, 0) is 56.4 Å². The topological polar surface area (TPSA) is 78.5 Å². The van der Waals surface area contributed by atoms with Gasteiger partial charge in [0.1, 0.15) is 5.82 Å². The maximum Gasteiger partial charge on any atom is 0.251 e. The minimum Gasteiger partial charge on any atom is -0.351 e. The van der Waals surface area contributed by atoms with Gasteiger partial charge in [-0.1, -0.05) is 32.6 Å². The summed E-state index contributed by atoms with van der Waals surface area (Å²) in [5, 5.41) is 6.19. The highest BCUT2D eigenvalue weighted by atomic mass is 19.1. The van der Waals surface area contributed by atoms with E-state index in [0.717, 1.165) is 64.3 Å². The number of nitrogens with one attached hydrogen (secondary N) is 2. The summed E-state index contributed by atoms with van der Waals surface area (Å²) in [5.74, 6) is -0.705. The van der Waals surface area contributed by atoms with Crippen molar-refractivity contribution in [3.63, 3.8) is 0 Å². The maximum absolute atomic E-state index is 13.1. The van der Waals surface area contributed by atoms with Crippen LogP contribution in [-0.2, 0) is 9.59 Å². The molecule has 3 atom stereocenters. The lowest BCUT2D eigenvalue weighted by atomic mass is 9.88. The molecule has 2 aliphatic rings. The molecule has 176 valence electrons.